The molecule has 12 heteroatoms. The third-order valence-electron chi connectivity index (χ3n) is 2.19. The summed E-state index contributed by atoms with van der Waals surface area (Å²) in [5, 5.41) is 9.50. The third-order valence-corrected chi connectivity index (χ3v) is 6.11. The van der Waals surface area contributed by atoms with Crippen molar-refractivity contribution in [3.05, 3.63) is 30.3 Å². The molecule has 1 aromatic carbocycles. The zero-order chi connectivity index (χ0) is 15.0. The molecule has 112 valence electrons. The van der Waals surface area contributed by atoms with Crippen LogP contribution in [0.5, 0.6) is 0 Å². The molecule has 9 nitrogen and oxygen atoms in total. The number of nitrogens with one attached hydrogen (secondary N) is 1. The van der Waals surface area contributed by atoms with Gasteiger partial charge in [-0.2, -0.15) is 0 Å². The summed E-state index contributed by atoms with van der Waals surface area (Å²) in [6.45, 7) is 0. The van der Waals surface area contributed by atoms with Gasteiger partial charge in [0.1, 0.15) is 0 Å². The van der Waals surface area contributed by atoms with Crippen molar-refractivity contribution in [2.75, 3.05) is 0 Å². The maximum absolute atomic E-state index is 12.0. The van der Waals surface area contributed by atoms with Gasteiger partial charge in [-0.05, 0) is 0 Å². The molecule has 0 radical (unpaired) electrons. The van der Waals surface area contributed by atoms with Gasteiger partial charge in [-0.25, -0.2) is 0 Å². The van der Waals surface area contributed by atoms with Crippen molar-refractivity contribution in [3.8, 4) is 0 Å². The molecule has 0 aromatic heterocycles. The van der Waals surface area contributed by atoms with Crippen molar-refractivity contribution >= 4 is 26.0 Å². The Morgan fingerprint density at radius 1 is 1.15 bits per heavy atom. The van der Waals surface area contributed by atoms with Gasteiger partial charge in [-0.15, -0.1) is 0 Å². The van der Waals surface area contributed by atoms with Crippen LogP contribution in [0.1, 0.15) is 0 Å². The van der Waals surface area contributed by atoms with Gasteiger partial charge < -0.3 is 0 Å². The van der Waals surface area contributed by atoms with Crippen LogP contribution in [0.2, 0.25) is 0 Å². The van der Waals surface area contributed by atoms with Crippen LogP contribution in [0.25, 0.3) is 0 Å². The Morgan fingerprint density at radius 3 is 2.30 bits per heavy atom. The molecule has 20 heavy (non-hydrogen) atoms. The van der Waals surface area contributed by atoms with Crippen LogP contribution in [0.3, 0.4) is 0 Å². The summed E-state index contributed by atoms with van der Waals surface area (Å²) in [7, 11) is -8.89. The van der Waals surface area contributed by atoms with Crippen LogP contribution in [0.15, 0.2) is 50.7 Å². The molecule has 0 bridgehead atoms. The third kappa shape index (κ3) is 2.68. The Labute approximate surface area is 126 Å². The second kappa shape index (κ2) is 5.02. The summed E-state index contributed by atoms with van der Waals surface area (Å²) in [6.07, 6.45) is 0. The monoisotopic (exact) mass is 410 g/mol. The average Bonchev–Trinajstić information content (AvgIpc) is 2.72. The van der Waals surface area contributed by atoms with E-state index in [1.807, 2.05) is 4.72 Å². The molecule has 0 saturated heterocycles. The van der Waals surface area contributed by atoms with Crippen LogP contribution in [-0.2, 0) is 41.2 Å². The first-order valence-corrected chi connectivity index (χ1v) is 8.53. The Morgan fingerprint density at radius 2 is 1.75 bits per heavy atom. The molecule has 1 aliphatic heterocycles. The van der Waals surface area contributed by atoms with Crippen molar-refractivity contribution in [2.24, 2.45) is 15.4 Å². The molecule has 1 aliphatic rings. The molecule has 2 rings (SSSR count). The molecule has 1 atom stereocenters. The summed E-state index contributed by atoms with van der Waals surface area (Å²) < 4.78 is 55.0. The van der Waals surface area contributed by atoms with Gasteiger partial charge in [0.25, 0.3) is 0 Å². The number of benzene rings is 1. The van der Waals surface area contributed by atoms with E-state index in [1.165, 1.54) is 24.3 Å². The summed E-state index contributed by atoms with van der Waals surface area (Å²) in [5.41, 5.74) is 0. The maximum atomic E-state index is 12.0. The molecule has 0 fully saturated rings. The van der Waals surface area contributed by atoms with E-state index in [4.69, 9.17) is 4.55 Å². The molecular weight excluding hydrogens is 404 g/mol. The Hall–Kier alpha value is -1.11. The number of nitrogens with zero attached hydrogens (tertiary/aromatic N) is 3. The predicted octanol–water partition coefficient (Wildman–Crippen LogP) is -0.167. The number of hydrogen-bond acceptors (Lipinski definition) is 7. The van der Waals surface area contributed by atoms with E-state index in [-0.39, 0.29) is 4.90 Å². The minimum absolute atomic E-state index is 0.112. The average molecular weight is 411 g/mol. The normalized spacial score (nSPS) is 22.6. The van der Waals surface area contributed by atoms with Crippen LogP contribution in [0, 0.1) is 0 Å². The Bertz CT molecular complexity index is 789. The second-order valence-electron chi connectivity index (χ2n) is 3.54. The molecule has 2 N–H and O–H groups in total. The second-order valence-corrected chi connectivity index (χ2v) is 8.29. The number of hydrogen-bond donors (Lipinski definition) is 2. The zero-order valence-electron chi connectivity index (χ0n) is 9.43. The van der Waals surface area contributed by atoms with Crippen LogP contribution in [-0.4, -0.2) is 30.3 Å². The van der Waals surface area contributed by atoms with E-state index in [2.05, 4.69) is 36.5 Å². The SMILES string of the molecule is O=S(=O)(NC1=NN=N[C]1([Ag])S(=O)(=O)O)c1ccccc1. The fourth-order valence-corrected chi connectivity index (χ4v) is 3.23. The minimum atomic E-state index is -4.81. The topological polar surface area (TPSA) is 138 Å². The van der Waals surface area contributed by atoms with E-state index < -0.39 is 29.1 Å². The molecule has 1 unspecified atom stereocenters. The molecule has 1 heterocycles. The Balaban J connectivity index is 2.37. The number of amidine groups is 1. The van der Waals surface area contributed by atoms with Gasteiger partial charge in [0.15, 0.2) is 0 Å². The van der Waals surface area contributed by atoms with Gasteiger partial charge in [0, 0.05) is 0 Å². The standard InChI is InChI=1S/C8H7N4O5S2.Ag/c13-18(14,6-4-2-1-3-5-6)11-7-8(10-12-9-7)19(15,16)17;/h1-5H,(H,9,10,11)(H,15,16,17);. The summed E-state index contributed by atoms with van der Waals surface area (Å²) in [4.78, 5) is -0.112. The van der Waals surface area contributed by atoms with E-state index in [0.717, 1.165) is 0 Å². The molecule has 0 saturated carbocycles. The first-order valence-electron chi connectivity index (χ1n) is 4.87. The van der Waals surface area contributed by atoms with Crippen molar-refractivity contribution in [1.82, 2.24) is 4.72 Å². The van der Waals surface area contributed by atoms with E-state index in [1.54, 1.807) is 6.07 Å². The fourth-order valence-electron chi connectivity index (χ4n) is 1.27. The summed E-state index contributed by atoms with van der Waals surface area (Å²) in [6, 6.07) is 7.20. The van der Waals surface area contributed by atoms with Crippen molar-refractivity contribution in [2.45, 2.75) is 7.98 Å². The number of sulfonamides is 1. The fraction of sp³-hybridized carbons (Fsp3) is 0.125. The van der Waals surface area contributed by atoms with Gasteiger partial charge in [0.05, 0.1) is 0 Å². The molecule has 1 aromatic rings. The molecule has 0 spiro atoms. The van der Waals surface area contributed by atoms with E-state index >= 15 is 0 Å². The zero-order valence-corrected chi connectivity index (χ0v) is 12.5. The van der Waals surface area contributed by atoms with Gasteiger partial charge >= 0.3 is 127 Å². The van der Waals surface area contributed by atoms with Gasteiger partial charge in [-0.3, -0.25) is 0 Å². The molecular formula is C8H7AgN4O5S2. The van der Waals surface area contributed by atoms with Crippen LogP contribution >= 0.6 is 0 Å². The molecule has 0 aliphatic carbocycles. The van der Waals surface area contributed by atoms with Crippen molar-refractivity contribution in [1.29, 1.82) is 0 Å². The van der Waals surface area contributed by atoms with E-state index in [0.29, 0.717) is 0 Å². The van der Waals surface area contributed by atoms with Gasteiger partial charge in [0.2, 0.25) is 0 Å². The quantitative estimate of drug-likeness (QED) is 0.526. The summed E-state index contributed by atoms with van der Waals surface area (Å²) in [5.74, 6) is -0.678. The first kappa shape index (κ1) is 15.3. The predicted molar refractivity (Wildman–Crippen MR) is 63.3 cm³/mol. The number of rotatable bonds is 3. The van der Waals surface area contributed by atoms with Gasteiger partial charge in [-0.1, -0.05) is 0 Å². The summed E-state index contributed by atoms with van der Waals surface area (Å²) >= 11 is 2.62. The van der Waals surface area contributed by atoms with Crippen LogP contribution in [0.4, 0.5) is 0 Å². The van der Waals surface area contributed by atoms with Crippen LogP contribution < -0.4 is 4.72 Å². The molecule has 0 amide bonds. The Kier molecular flexibility index (Phi) is 3.83. The first-order chi connectivity index (χ1) is 9.17. The van der Waals surface area contributed by atoms with Crippen molar-refractivity contribution < 1.29 is 42.5 Å². The van der Waals surface area contributed by atoms with Crippen molar-refractivity contribution in [3.63, 3.8) is 0 Å². The van der Waals surface area contributed by atoms with E-state index in [9.17, 15) is 16.8 Å².